The molecule has 0 bridgehead atoms. The molecular formula is C14H17ClN2O3. The maximum atomic E-state index is 10.6. The van der Waals surface area contributed by atoms with Crippen LogP contribution in [0.5, 0.6) is 0 Å². The fraction of sp³-hybridized carbons (Fsp3) is 0.429. The standard InChI is InChI=1S/C14H17ClN2O3/c1-20-9-8-17-12(6-3-7-13(18)19)16-11-5-2-4-10(15)14(11)17/h2,4-5H,3,6-9H2,1H3,(H,18,19). The van der Waals surface area contributed by atoms with Crippen molar-refractivity contribution in [2.24, 2.45) is 0 Å². The van der Waals surface area contributed by atoms with Crippen molar-refractivity contribution >= 4 is 28.6 Å². The molecule has 6 heteroatoms. The maximum absolute atomic E-state index is 10.6. The van der Waals surface area contributed by atoms with Crippen LogP contribution in [0.25, 0.3) is 11.0 Å². The molecular weight excluding hydrogens is 280 g/mol. The number of carboxylic acid groups (broad SMARTS) is 1. The number of carboxylic acids is 1. The van der Waals surface area contributed by atoms with Crippen molar-refractivity contribution in [1.82, 2.24) is 9.55 Å². The maximum Gasteiger partial charge on any atom is 0.303 e. The van der Waals surface area contributed by atoms with Crippen molar-refractivity contribution in [1.29, 1.82) is 0 Å². The van der Waals surface area contributed by atoms with E-state index in [0.717, 1.165) is 16.9 Å². The van der Waals surface area contributed by atoms with E-state index in [0.29, 0.717) is 31.0 Å². The Kier molecular flexibility index (Phi) is 4.98. The number of aliphatic carboxylic acids is 1. The molecule has 0 saturated carbocycles. The average Bonchev–Trinajstić information content (AvgIpc) is 2.75. The van der Waals surface area contributed by atoms with Crippen molar-refractivity contribution in [3.8, 4) is 0 Å². The normalized spacial score (nSPS) is 11.1. The van der Waals surface area contributed by atoms with Gasteiger partial charge in [-0.3, -0.25) is 4.79 Å². The lowest BCUT2D eigenvalue weighted by Crippen LogP contribution is -2.09. The van der Waals surface area contributed by atoms with E-state index in [2.05, 4.69) is 4.98 Å². The number of imidazole rings is 1. The zero-order valence-corrected chi connectivity index (χ0v) is 12.1. The average molecular weight is 297 g/mol. The molecule has 0 aliphatic heterocycles. The number of hydrogen-bond acceptors (Lipinski definition) is 3. The number of nitrogens with zero attached hydrogens (tertiary/aromatic N) is 2. The molecule has 0 unspecified atom stereocenters. The van der Waals surface area contributed by atoms with Crippen molar-refractivity contribution in [3.63, 3.8) is 0 Å². The Morgan fingerprint density at radius 2 is 2.30 bits per heavy atom. The number of para-hydroxylation sites is 1. The van der Waals surface area contributed by atoms with Crippen LogP contribution in [-0.2, 0) is 22.5 Å². The number of ether oxygens (including phenoxy) is 1. The molecule has 1 heterocycles. The van der Waals surface area contributed by atoms with Crippen LogP contribution in [0.3, 0.4) is 0 Å². The highest BCUT2D eigenvalue weighted by Gasteiger charge is 2.13. The number of benzene rings is 1. The molecule has 0 amide bonds. The second-order valence-electron chi connectivity index (χ2n) is 4.53. The van der Waals surface area contributed by atoms with Crippen LogP contribution >= 0.6 is 11.6 Å². The van der Waals surface area contributed by atoms with Crippen LogP contribution < -0.4 is 0 Å². The molecule has 20 heavy (non-hydrogen) atoms. The summed E-state index contributed by atoms with van der Waals surface area (Å²) >= 11 is 6.24. The largest absolute Gasteiger partial charge is 0.481 e. The van der Waals surface area contributed by atoms with Gasteiger partial charge < -0.3 is 14.4 Å². The lowest BCUT2D eigenvalue weighted by atomic mass is 10.2. The Morgan fingerprint density at radius 3 is 3.00 bits per heavy atom. The topological polar surface area (TPSA) is 64.3 Å². The van der Waals surface area contributed by atoms with Crippen LogP contribution in [0, 0.1) is 0 Å². The lowest BCUT2D eigenvalue weighted by molar-refractivity contribution is -0.137. The summed E-state index contributed by atoms with van der Waals surface area (Å²) in [5, 5.41) is 9.37. The summed E-state index contributed by atoms with van der Waals surface area (Å²) in [6.07, 6.45) is 1.31. The molecule has 0 aliphatic rings. The highest BCUT2D eigenvalue weighted by atomic mass is 35.5. The Hall–Kier alpha value is -1.59. The summed E-state index contributed by atoms with van der Waals surface area (Å²) < 4.78 is 7.13. The quantitative estimate of drug-likeness (QED) is 0.853. The molecule has 2 aromatic rings. The zero-order valence-electron chi connectivity index (χ0n) is 11.3. The van der Waals surface area contributed by atoms with Crippen molar-refractivity contribution in [3.05, 3.63) is 29.0 Å². The van der Waals surface area contributed by atoms with E-state index in [1.165, 1.54) is 0 Å². The SMILES string of the molecule is COCCn1c(CCCC(=O)O)nc2cccc(Cl)c21. The summed E-state index contributed by atoms with van der Waals surface area (Å²) in [5.41, 5.74) is 1.72. The van der Waals surface area contributed by atoms with E-state index in [4.69, 9.17) is 21.4 Å². The van der Waals surface area contributed by atoms with Gasteiger partial charge in [-0.05, 0) is 18.6 Å². The predicted molar refractivity (Wildman–Crippen MR) is 77.2 cm³/mol. The number of aryl methyl sites for hydroxylation is 1. The smallest absolute Gasteiger partial charge is 0.303 e. The highest BCUT2D eigenvalue weighted by Crippen LogP contribution is 2.25. The summed E-state index contributed by atoms with van der Waals surface area (Å²) in [5.74, 6) is 0.0639. The third-order valence-corrected chi connectivity index (χ3v) is 3.41. The summed E-state index contributed by atoms with van der Waals surface area (Å²) in [6, 6.07) is 5.60. The van der Waals surface area contributed by atoms with E-state index in [1.54, 1.807) is 7.11 Å². The van der Waals surface area contributed by atoms with Gasteiger partial charge in [0.25, 0.3) is 0 Å². The van der Waals surface area contributed by atoms with Crippen molar-refractivity contribution < 1.29 is 14.6 Å². The van der Waals surface area contributed by atoms with Crippen LogP contribution in [0.4, 0.5) is 0 Å². The third-order valence-electron chi connectivity index (χ3n) is 3.11. The summed E-state index contributed by atoms with van der Waals surface area (Å²) in [6.45, 7) is 1.21. The number of methoxy groups -OCH3 is 1. The summed E-state index contributed by atoms with van der Waals surface area (Å²) in [7, 11) is 1.64. The van der Waals surface area contributed by atoms with Gasteiger partial charge >= 0.3 is 5.97 Å². The number of halogens is 1. The Morgan fingerprint density at radius 1 is 1.50 bits per heavy atom. The van der Waals surface area contributed by atoms with Crippen LogP contribution in [0.15, 0.2) is 18.2 Å². The molecule has 0 atom stereocenters. The van der Waals surface area contributed by atoms with Gasteiger partial charge in [-0.15, -0.1) is 0 Å². The predicted octanol–water partition coefficient (Wildman–Crippen LogP) is 2.74. The Labute approximate surface area is 122 Å². The van der Waals surface area contributed by atoms with Crippen molar-refractivity contribution in [2.45, 2.75) is 25.8 Å². The van der Waals surface area contributed by atoms with E-state index in [-0.39, 0.29) is 6.42 Å². The van der Waals surface area contributed by atoms with Gasteiger partial charge in [-0.1, -0.05) is 17.7 Å². The van der Waals surface area contributed by atoms with Gasteiger partial charge in [0.15, 0.2) is 0 Å². The van der Waals surface area contributed by atoms with Crippen molar-refractivity contribution in [2.75, 3.05) is 13.7 Å². The Balaban J connectivity index is 2.31. The first-order chi connectivity index (χ1) is 9.63. The first kappa shape index (κ1) is 14.8. The molecule has 2 rings (SSSR count). The van der Waals surface area contributed by atoms with Crippen LogP contribution in [0.2, 0.25) is 5.02 Å². The van der Waals surface area contributed by atoms with Gasteiger partial charge in [0.05, 0.1) is 22.7 Å². The monoisotopic (exact) mass is 296 g/mol. The molecule has 0 radical (unpaired) electrons. The van der Waals surface area contributed by atoms with Crippen LogP contribution in [0.1, 0.15) is 18.7 Å². The molecule has 108 valence electrons. The van der Waals surface area contributed by atoms with E-state index in [1.807, 2.05) is 22.8 Å². The molecule has 0 saturated heterocycles. The zero-order chi connectivity index (χ0) is 14.5. The first-order valence-electron chi connectivity index (χ1n) is 6.48. The number of carbonyl (C=O) groups is 1. The first-order valence-corrected chi connectivity index (χ1v) is 6.85. The van der Waals surface area contributed by atoms with E-state index >= 15 is 0 Å². The minimum absolute atomic E-state index is 0.140. The second kappa shape index (κ2) is 6.72. The minimum atomic E-state index is -0.789. The summed E-state index contributed by atoms with van der Waals surface area (Å²) in [4.78, 5) is 15.2. The van der Waals surface area contributed by atoms with Gasteiger partial charge in [0.1, 0.15) is 5.82 Å². The van der Waals surface area contributed by atoms with E-state index in [9.17, 15) is 4.79 Å². The molecule has 0 fully saturated rings. The second-order valence-corrected chi connectivity index (χ2v) is 4.93. The molecule has 5 nitrogen and oxygen atoms in total. The number of aromatic nitrogens is 2. The van der Waals surface area contributed by atoms with E-state index < -0.39 is 5.97 Å². The highest BCUT2D eigenvalue weighted by molar-refractivity contribution is 6.35. The molecule has 1 aromatic heterocycles. The minimum Gasteiger partial charge on any atom is -0.481 e. The molecule has 1 aromatic carbocycles. The van der Waals surface area contributed by atoms with Gasteiger partial charge in [0, 0.05) is 26.5 Å². The molecule has 0 spiro atoms. The van der Waals surface area contributed by atoms with Gasteiger partial charge in [-0.25, -0.2) is 4.98 Å². The molecule has 0 aliphatic carbocycles. The fourth-order valence-corrected chi connectivity index (χ4v) is 2.47. The third kappa shape index (κ3) is 3.29. The Bertz CT molecular complexity index is 610. The van der Waals surface area contributed by atoms with Crippen LogP contribution in [-0.4, -0.2) is 34.3 Å². The number of fused-ring (bicyclic) bond motifs is 1. The number of rotatable bonds is 7. The van der Waals surface area contributed by atoms with Gasteiger partial charge in [-0.2, -0.15) is 0 Å². The molecule has 1 N–H and O–H groups in total. The fourth-order valence-electron chi connectivity index (χ4n) is 2.20. The lowest BCUT2D eigenvalue weighted by Gasteiger charge is -2.09. The van der Waals surface area contributed by atoms with Gasteiger partial charge in [0.2, 0.25) is 0 Å². The number of hydrogen-bond donors (Lipinski definition) is 1.